The van der Waals surface area contributed by atoms with Crippen molar-refractivity contribution in [2.45, 2.75) is 13.5 Å². The zero-order chi connectivity index (χ0) is 16.8. The minimum atomic E-state index is -0.547. The number of amides is 1. The Labute approximate surface area is 137 Å². The summed E-state index contributed by atoms with van der Waals surface area (Å²) in [6.45, 7) is 2.38. The minimum absolute atomic E-state index is 0.201. The summed E-state index contributed by atoms with van der Waals surface area (Å²) in [6.07, 6.45) is 3.02. The Morgan fingerprint density at radius 3 is 2.87 bits per heavy atom. The monoisotopic (exact) mass is 334 g/mol. The average molecular weight is 335 g/mol. The molecule has 23 heavy (non-hydrogen) atoms. The smallest absolute Gasteiger partial charge is 0.358 e. The van der Waals surface area contributed by atoms with Crippen molar-refractivity contribution in [2.24, 2.45) is 0 Å². The molecule has 120 valence electrons. The molecule has 0 aliphatic rings. The van der Waals surface area contributed by atoms with E-state index in [1.165, 1.54) is 16.8 Å². The molecule has 1 aromatic heterocycles. The number of nitro groups is 1. The van der Waals surface area contributed by atoms with Gasteiger partial charge in [0.1, 0.15) is 0 Å². The standard InChI is InChI=1S/C15H15ClN4O3/c1-11-10-14(20(22)23)18-19(11)9-8-17-15(21)7-6-12-4-2-3-5-13(12)16/h2-7,10H,8-9H2,1H3,(H,17,21)/b7-6+. The van der Waals surface area contributed by atoms with E-state index < -0.39 is 4.92 Å². The van der Waals surface area contributed by atoms with Crippen LogP contribution in [0, 0.1) is 17.0 Å². The number of aryl methyl sites for hydroxylation is 1. The van der Waals surface area contributed by atoms with Crippen LogP contribution in [0.3, 0.4) is 0 Å². The number of halogens is 1. The lowest BCUT2D eigenvalue weighted by Gasteiger charge is -2.02. The summed E-state index contributed by atoms with van der Waals surface area (Å²) in [5, 5.41) is 17.7. The van der Waals surface area contributed by atoms with Gasteiger partial charge < -0.3 is 15.4 Å². The highest BCUT2D eigenvalue weighted by atomic mass is 35.5. The van der Waals surface area contributed by atoms with E-state index in [2.05, 4.69) is 10.4 Å². The van der Waals surface area contributed by atoms with Crippen LogP contribution in [-0.4, -0.2) is 27.2 Å². The van der Waals surface area contributed by atoms with Crippen LogP contribution >= 0.6 is 11.6 Å². The first kappa shape index (κ1) is 16.7. The molecule has 0 aliphatic heterocycles. The van der Waals surface area contributed by atoms with E-state index in [4.69, 9.17) is 11.6 Å². The third-order valence-corrected chi connectivity index (χ3v) is 3.44. The number of hydrogen-bond acceptors (Lipinski definition) is 4. The van der Waals surface area contributed by atoms with E-state index in [-0.39, 0.29) is 11.7 Å². The Morgan fingerprint density at radius 1 is 1.48 bits per heavy atom. The van der Waals surface area contributed by atoms with Gasteiger partial charge in [-0.3, -0.25) is 4.79 Å². The molecule has 1 amide bonds. The maximum absolute atomic E-state index is 11.7. The van der Waals surface area contributed by atoms with Crippen molar-refractivity contribution in [3.8, 4) is 0 Å². The zero-order valence-electron chi connectivity index (χ0n) is 12.4. The number of nitrogens with zero attached hydrogens (tertiary/aromatic N) is 3. The molecule has 0 aliphatic carbocycles. The van der Waals surface area contributed by atoms with E-state index >= 15 is 0 Å². The SMILES string of the molecule is Cc1cc([N+](=O)[O-])nn1CCNC(=O)/C=C/c1ccccc1Cl. The third-order valence-electron chi connectivity index (χ3n) is 3.10. The van der Waals surface area contributed by atoms with Crippen LogP contribution in [-0.2, 0) is 11.3 Å². The summed E-state index contributed by atoms with van der Waals surface area (Å²) < 4.78 is 1.48. The van der Waals surface area contributed by atoms with Gasteiger partial charge in [0.15, 0.2) is 0 Å². The van der Waals surface area contributed by atoms with Crippen LogP contribution in [0.15, 0.2) is 36.4 Å². The van der Waals surface area contributed by atoms with Crippen molar-refractivity contribution in [2.75, 3.05) is 6.54 Å². The van der Waals surface area contributed by atoms with Crippen molar-refractivity contribution < 1.29 is 9.72 Å². The van der Waals surface area contributed by atoms with E-state index in [0.717, 1.165) is 5.56 Å². The Balaban J connectivity index is 1.85. The number of benzene rings is 1. The largest absolute Gasteiger partial charge is 0.390 e. The molecule has 8 heteroatoms. The van der Waals surface area contributed by atoms with Gasteiger partial charge in [-0.25, -0.2) is 0 Å². The molecule has 0 unspecified atom stereocenters. The number of carbonyl (C=O) groups is 1. The molecular formula is C15H15ClN4O3. The molecule has 0 bridgehead atoms. The van der Waals surface area contributed by atoms with Crippen LogP contribution in [0.2, 0.25) is 5.02 Å². The Morgan fingerprint density at radius 2 is 2.22 bits per heavy atom. The highest BCUT2D eigenvalue weighted by Crippen LogP contribution is 2.16. The van der Waals surface area contributed by atoms with Crippen LogP contribution in [0.5, 0.6) is 0 Å². The molecule has 1 heterocycles. The third kappa shape index (κ3) is 4.65. The fourth-order valence-electron chi connectivity index (χ4n) is 1.93. The lowest BCUT2D eigenvalue weighted by atomic mass is 10.2. The molecule has 0 spiro atoms. The summed E-state index contributed by atoms with van der Waals surface area (Å²) >= 11 is 5.99. The molecular weight excluding hydrogens is 320 g/mol. The fraction of sp³-hybridized carbons (Fsp3) is 0.200. The molecule has 0 saturated heterocycles. The lowest BCUT2D eigenvalue weighted by molar-refractivity contribution is -0.389. The molecule has 0 atom stereocenters. The quantitative estimate of drug-likeness (QED) is 0.499. The summed E-state index contributed by atoms with van der Waals surface area (Å²) in [4.78, 5) is 21.8. The summed E-state index contributed by atoms with van der Waals surface area (Å²) in [5.74, 6) is -0.475. The molecule has 0 radical (unpaired) electrons. The van der Waals surface area contributed by atoms with Crippen LogP contribution in [0.4, 0.5) is 5.82 Å². The van der Waals surface area contributed by atoms with Gasteiger partial charge in [-0.05, 0) is 29.6 Å². The first-order chi connectivity index (χ1) is 11.0. The van der Waals surface area contributed by atoms with Crippen molar-refractivity contribution >= 4 is 29.4 Å². The van der Waals surface area contributed by atoms with E-state index in [1.54, 1.807) is 25.1 Å². The molecule has 2 aromatic rings. The number of nitrogens with one attached hydrogen (secondary N) is 1. The zero-order valence-corrected chi connectivity index (χ0v) is 13.2. The van der Waals surface area contributed by atoms with Crippen LogP contribution in [0.25, 0.3) is 6.08 Å². The van der Waals surface area contributed by atoms with Gasteiger partial charge >= 0.3 is 5.82 Å². The van der Waals surface area contributed by atoms with Gasteiger partial charge in [-0.2, -0.15) is 4.68 Å². The normalized spacial score (nSPS) is 10.9. The predicted molar refractivity (Wildman–Crippen MR) is 87.1 cm³/mol. The Kier molecular flexibility index (Phi) is 5.48. The number of rotatable bonds is 6. The number of carbonyl (C=O) groups excluding carboxylic acids is 1. The van der Waals surface area contributed by atoms with Gasteiger partial charge in [0.25, 0.3) is 0 Å². The van der Waals surface area contributed by atoms with Gasteiger partial charge in [-0.1, -0.05) is 29.8 Å². The van der Waals surface area contributed by atoms with E-state index in [1.807, 2.05) is 12.1 Å². The van der Waals surface area contributed by atoms with Crippen LogP contribution < -0.4 is 5.32 Å². The predicted octanol–water partition coefficient (Wildman–Crippen LogP) is 2.58. The summed E-state index contributed by atoms with van der Waals surface area (Å²) in [7, 11) is 0. The van der Waals surface area contributed by atoms with Gasteiger partial charge in [0, 0.05) is 17.6 Å². The van der Waals surface area contributed by atoms with E-state index in [9.17, 15) is 14.9 Å². The topological polar surface area (TPSA) is 90.1 Å². The summed E-state index contributed by atoms with van der Waals surface area (Å²) in [5.41, 5.74) is 1.42. The molecule has 1 aromatic carbocycles. The fourth-order valence-corrected chi connectivity index (χ4v) is 2.13. The lowest BCUT2D eigenvalue weighted by Crippen LogP contribution is -2.26. The van der Waals surface area contributed by atoms with Crippen molar-refractivity contribution in [1.82, 2.24) is 15.1 Å². The van der Waals surface area contributed by atoms with Crippen molar-refractivity contribution in [3.63, 3.8) is 0 Å². The minimum Gasteiger partial charge on any atom is -0.358 e. The number of aromatic nitrogens is 2. The molecule has 2 rings (SSSR count). The Bertz CT molecular complexity index is 755. The first-order valence-corrected chi connectivity index (χ1v) is 7.24. The maximum Gasteiger partial charge on any atom is 0.390 e. The first-order valence-electron chi connectivity index (χ1n) is 6.86. The van der Waals surface area contributed by atoms with Crippen molar-refractivity contribution in [1.29, 1.82) is 0 Å². The molecule has 0 saturated carbocycles. The molecule has 7 nitrogen and oxygen atoms in total. The highest BCUT2D eigenvalue weighted by molar-refractivity contribution is 6.32. The van der Waals surface area contributed by atoms with Crippen LogP contribution in [0.1, 0.15) is 11.3 Å². The Hall–Kier alpha value is -2.67. The van der Waals surface area contributed by atoms with Gasteiger partial charge in [0.2, 0.25) is 5.91 Å². The maximum atomic E-state index is 11.7. The number of hydrogen-bond donors (Lipinski definition) is 1. The molecule has 1 N–H and O–H groups in total. The highest BCUT2D eigenvalue weighted by Gasteiger charge is 2.14. The van der Waals surface area contributed by atoms with Crippen molar-refractivity contribution in [3.05, 3.63) is 62.8 Å². The van der Waals surface area contributed by atoms with E-state index in [0.29, 0.717) is 23.8 Å². The second-order valence-corrected chi connectivity index (χ2v) is 5.18. The van der Waals surface area contributed by atoms with Gasteiger partial charge in [0.05, 0.1) is 23.4 Å². The molecule has 0 fully saturated rings. The second-order valence-electron chi connectivity index (χ2n) is 4.77. The summed E-state index contributed by atoms with van der Waals surface area (Å²) in [6, 6.07) is 8.58. The average Bonchev–Trinajstić information content (AvgIpc) is 2.88. The van der Waals surface area contributed by atoms with Gasteiger partial charge in [-0.15, -0.1) is 0 Å². The second kappa shape index (κ2) is 7.55.